The molecule has 2 amide bonds. The number of H-pyrrole nitrogens is 2. The highest BCUT2D eigenvalue weighted by molar-refractivity contribution is 5.98. The summed E-state index contributed by atoms with van der Waals surface area (Å²) in [7, 11) is 3.45. The number of carbonyl (C=O) groups excluding carboxylic acids is 2. The molecule has 4 heterocycles. The van der Waals surface area contributed by atoms with E-state index >= 15 is 0 Å². The summed E-state index contributed by atoms with van der Waals surface area (Å²) in [6, 6.07) is 8.81. The second kappa shape index (κ2) is 9.76. The van der Waals surface area contributed by atoms with Crippen LogP contribution in [0.25, 0.3) is 33.2 Å². The van der Waals surface area contributed by atoms with E-state index in [0.29, 0.717) is 11.8 Å². The van der Waals surface area contributed by atoms with E-state index in [1.807, 2.05) is 23.4 Å². The van der Waals surface area contributed by atoms with Crippen molar-refractivity contribution in [3.8, 4) is 11.3 Å². The van der Waals surface area contributed by atoms with Gasteiger partial charge in [-0.1, -0.05) is 19.9 Å². The minimum atomic E-state index is -0.00126. The lowest BCUT2D eigenvalue weighted by Crippen LogP contribution is -2.38. The van der Waals surface area contributed by atoms with Gasteiger partial charge in [0, 0.05) is 68.1 Å². The quantitative estimate of drug-likeness (QED) is 0.409. The van der Waals surface area contributed by atoms with Gasteiger partial charge >= 0.3 is 0 Å². The van der Waals surface area contributed by atoms with Crippen molar-refractivity contribution in [2.45, 2.75) is 51.4 Å². The van der Waals surface area contributed by atoms with Crippen LogP contribution in [0.15, 0.2) is 36.7 Å². The highest BCUT2D eigenvalue weighted by Crippen LogP contribution is 2.39. The average molecular weight is 487 g/mol. The Morgan fingerprint density at radius 1 is 1.11 bits per heavy atom. The minimum absolute atomic E-state index is 0.00126. The monoisotopic (exact) mass is 486 g/mol. The summed E-state index contributed by atoms with van der Waals surface area (Å²) in [5.74, 6) is 0.836. The van der Waals surface area contributed by atoms with Crippen LogP contribution in [0.1, 0.15) is 62.5 Å². The lowest BCUT2D eigenvalue weighted by molar-refractivity contribution is -0.136. The number of aromatic nitrogens is 4. The maximum Gasteiger partial charge on any atom is 0.223 e. The SMILES string of the molecule is CC(C)c1c(-c2ccnc3[nH]ncc23)[nH]c2ccc(C3CCN(C(=O)CCC(=O)N(C)C)CC3)cc12. The maximum absolute atomic E-state index is 12.6. The van der Waals surface area contributed by atoms with E-state index in [9.17, 15) is 9.59 Å². The molecule has 1 fully saturated rings. The number of piperidine rings is 1. The number of hydrogen-bond acceptors (Lipinski definition) is 4. The van der Waals surface area contributed by atoms with Gasteiger partial charge in [0.1, 0.15) is 0 Å². The van der Waals surface area contributed by atoms with Gasteiger partial charge in [0.05, 0.1) is 11.9 Å². The lowest BCUT2D eigenvalue weighted by atomic mass is 9.87. The summed E-state index contributed by atoms with van der Waals surface area (Å²) in [6.45, 7) is 5.95. The van der Waals surface area contributed by atoms with Gasteiger partial charge in [0.25, 0.3) is 0 Å². The molecule has 3 aromatic heterocycles. The van der Waals surface area contributed by atoms with Gasteiger partial charge in [-0.3, -0.25) is 14.7 Å². The number of pyridine rings is 1. The molecule has 0 spiro atoms. The number of nitrogens with one attached hydrogen (secondary N) is 2. The smallest absolute Gasteiger partial charge is 0.223 e. The van der Waals surface area contributed by atoms with Crippen LogP contribution in [-0.2, 0) is 9.59 Å². The molecule has 1 aliphatic rings. The molecule has 0 saturated carbocycles. The van der Waals surface area contributed by atoms with Crippen LogP contribution in [0.3, 0.4) is 0 Å². The molecule has 1 saturated heterocycles. The molecule has 188 valence electrons. The van der Waals surface area contributed by atoms with Gasteiger partial charge < -0.3 is 14.8 Å². The van der Waals surface area contributed by atoms with E-state index in [4.69, 9.17) is 0 Å². The Morgan fingerprint density at radius 2 is 1.89 bits per heavy atom. The number of nitrogens with zero attached hydrogens (tertiary/aromatic N) is 4. The first-order valence-electron chi connectivity index (χ1n) is 12.8. The van der Waals surface area contributed by atoms with Gasteiger partial charge in [0.2, 0.25) is 11.8 Å². The van der Waals surface area contributed by atoms with Crippen LogP contribution in [0.4, 0.5) is 0 Å². The van der Waals surface area contributed by atoms with Crippen molar-refractivity contribution in [1.82, 2.24) is 30.0 Å². The molecule has 0 bridgehead atoms. The Balaban J connectivity index is 1.37. The largest absolute Gasteiger partial charge is 0.354 e. The number of likely N-dealkylation sites (tertiary alicyclic amines) is 1. The second-order valence-corrected chi connectivity index (χ2v) is 10.3. The van der Waals surface area contributed by atoms with Gasteiger partial charge in [-0.25, -0.2) is 4.98 Å². The fourth-order valence-corrected chi connectivity index (χ4v) is 5.42. The third kappa shape index (κ3) is 4.47. The standard InChI is InChI=1S/C28H34N6O2/c1-17(2)26-21-15-19(18-10-13-34(14-11-18)25(36)8-7-24(35)33(3)4)5-6-23(21)31-27(26)20-9-12-29-28-22(20)16-30-32-28/h5-6,9,12,15-18,31H,7-8,10-11,13-14H2,1-4H3,(H,29,30,32). The fraction of sp³-hybridized carbons (Fsp3) is 0.429. The third-order valence-electron chi connectivity index (χ3n) is 7.43. The summed E-state index contributed by atoms with van der Waals surface area (Å²) < 4.78 is 0. The highest BCUT2D eigenvalue weighted by atomic mass is 16.2. The molecule has 36 heavy (non-hydrogen) atoms. The van der Waals surface area contributed by atoms with E-state index in [2.05, 4.69) is 52.2 Å². The number of carbonyl (C=O) groups is 2. The van der Waals surface area contributed by atoms with Crippen LogP contribution in [0.5, 0.6) is 0 Å². The molecule has 0 aliphatic carbocycles. The zero-order valence-corrected chi connectivity index (χ0v) is 21.5. The number of fused-ring (bicyclic) bond motifs is 2. The predicted octanol–water partition coefficient (Wildman–Crippen LogP) is 4.80. The molecule has 1 aliphatic heterocycles. The van der Waals surface area contributed by atoms with E-state index in [-0.39, 0.29) is 24.7 Å². The van der Waals surface area contributed by atoms with Crippen molar-refractivity contribution in [2.75, 3.05) is 27.2 Å². The van der Waals surface area contributed by atoms with Crippen LogP contribution in [0.2, 0.25) is 0 Å². The average Bonchev–Trinajstić information content (AvgIpc) is 3.51. The van der Waals surface area contributed by atoms with Crippen LogP contribution in [-0.4, -0.2) is 69.0 Å². The Hall–Kier alpha value is -3.68. The first-order valence-corrected chi connectivity index (χ1v) is 12.8. The first kappa shape index (κ1) is 24.0. The van der Waals surface area contributed by atoms with Crippen molar-refractivity contribution < 1.29 is 9.59 Å². The van der Waals surface area contributed by atoms with E-state index in [1.165, 1.54) is 16.5 Å². The van der Waals surface area contributed by atoms with E-state index < -0.39 is 0 Å². The van der Waals surface area contributed by atoms with E-state index in [1.54, 1.807) is 19.0 Å². The highest BCUT2D eigenvalue weighted by Gasteiger charge is 2.25. The van der Waals surface area contributed by atoms with Crippen molar-refractivity contribution in [1.29, 1.82) is 0 Å². The van der Waals surface area contributed by atoms with Crippen LogP contribution < -0.4 is 0 Å². The molecule has 0 unspecified atom stereocenters. The minimum Gasteiger partial charge on any atom is -0.354 e. The van der Waals surface area contributed by atoms with Crippen LogP contribution >= 0.6 is 0 Å². The summed E-state index contributed by atoms with van der Waals surface area (Å²) in [5.41, 5.74) is 6.78. The number of amides is 2. The van der Waals surface area contributed by atoms with Gasteiger partial charge in [-0.2, -0.15) is 5.10 Å². The lowest BCUT2D eigenvalue weighted by Gasteiger charge is -2.32. The molecule has 1 aromatic carbocycles. The maximum atomic E-state index is 12.6. The Kier molecular flexibility index (Phi) is 6.51. The Labute approximate surface area is 211 Å². The molecular formula is C28H34N6O2. The third-order valence-corrected chi connectivity index (χ3v) is 7.43. The second-order valence-electron chi connectivity index (χ2n) is 10.3. The molecule has 0 radical (unpaired) electrons. The summed E-state index contributed by atoms with van der Waals surface area (Å²) in [5, 5.41) is 9.43. The van der Waals surface area contributed by atoms with Crippen molar-refractivity contribution in [2.24, 2.45) is 0 Å². The number of rotatable bonds is 6. The Bertz CT molecular complexity index is 1410. The molecule has 8 nitrogen and oxygen atoms in total. The molecule has 4 aromatic rings. The van der Waals surface area contributed by atoms with Gasteiger partial charge in [0.15, 0.2) is 5.65 Å². The van der Waals surface area contributed by atoms with Gasteiger partial charge in [-0.05, 0) is 54.0 Å². The topological polar surface area (TPSA) is 98.0 Å². The number of hydrogen-bond donors (Lipinski definition) is 2. The summed E-state index contributed by atoms with van der Waals surface area (Å²) >= 11 is 0. The van der Waals surface area contributed by atoms with Crippen molar-refractivity contribution in [3.05, 3.63) is 47.8 Å². The molecule has 5 rings (SSSR count). The number of aromatic amines is 2. The zero-order chi connectivity index (χ0) is 25.4. The molecule has 0 atom stereocenters. The molecule has 2 N–H and O–H groups in total. The summed E-state index contributed by atoms with van der Waals surface area (Å²) in [4.78, 5) is 36.0. The molecular weight excluding hydrogens is 452 g/mol. The number of benzene rings is 1. The van der Waals surface area contributed by atoms with Crippen molar-refractivity contribution >= 4 is 33.8 Å². The van der Waals surface area contributed by atoms with Gasteiger partial charge in [-0.15, -0.1) is 0 Å². The molecule has 8 heteroatoms. The predicted molar refractivity (Wildman–Crippen MR) is 142 cm³/mol. The first-order chi connectivity index (χ1) is 17.3. The summed E-state index contributed by atoms with van der Waals surface area (Å²) in [6.07, 6.45) is 6.10. The Morgan fingerprint density at radius 3 is 2.61 bits per heavy atom. The normalized spacial score (nSPS) is 14.8. The van der Waals surface area contributed by atoms with Crippen LogP contribution in [0, 0.1) is 0 Å². The van der Waals surface area contributed by atoms with Crippen molar-refractivity contribution in [3.63, 3.8) is 0 Å². The fourth-order valence-electron chi connectivity index (χ4n) is 5.42. The zero-order valence-electron chi connectivity index (χ0n) is 21.5. The van der Waals surface area contributed by atoms with E-state index in [0.717, 1.165) is 53.7 Å².